The smallest absolute Gasteiger partial charge is 0.322 e. The molecule has 122 valence electrons. The first-order valence-electron chi connectivity index (χ1n) is 7.46. The summed E-state index contributed by atoms with van der Waals surface area (Å²) in [5.41, 5.74) is 1.81. The Balaban J connectivity index is 2.02. The average Bonchev–Trinajstić information content (AvgIpc) is 2.60. The van der Waals surface area contributed by atoms with Gasteiger partial charge in [-0.2, -0.15) is 0 Å². The van der Waals surface area contributed by atoms with E-state index in [4.69, 9.17) is 9.47 Å². The molecule has 0 fully saturated rings. The van der Waals surface area contributed by atoms with E-state index in [0.717, 1.165) is 17.0 Å². The lowest BCUT2D eigenvalue weighted by molar-refractivity contribution is 0.153. The van der Waals surface area contributed by atoms with Crippen LogP contribution in [0.4, 0.5) is 10.5 Å². The van der Waals surface area contributed by atoms with E-state index in [1.807, 2.05) is 54.6 Å². The first-order valence-corrected chi connectivity index (χ1v) is 7.46. The summed E-state index contributed by atoms with van der Waals surface area (Å²) in [6, 6.07) is 17.0. The summed E-state index contributed by atoms with van der Waals surface area (Å²) >= 11 is 0. The fourth-order valence-corrected chi connectivity index (χ4v) is 2.13. The minimum Gasteiger partial charge on any atom is -0.497 e. The van der Waals surface area contributed by atoms with Gasteiger partial charge in [0.2, 0.25) is 0 Å². The molecule has 23 heavy (non-hydrogen) atoms. The molecule has 2 rings (SSSR count). The summed E-state index contributed by atoms with van der Waals surface area (Å²) in [5, 5.41) is 2.90. The molecule has 0 radical (unpaired) electrons. The van der Waals surface area contributed by atoms with Gasteiger partial charge in [0.25, 0.3) is 0 Å². The van der Waals surface area contributed by atoms with E-state index in [-0.39, 0.29) is 6.03 Å². The van der Waals surface area contributed by atoms with Crippen molar-refractivity contribution in [2.45, 2.75) is 6.54 Å². The van der Waals surface area contributed by atoms with Crippen LogP contribution in [0, 0.1) is 0 Å². The third kappa shape index (κ3) is 5.30. The van der Waals surface area contributed by atoms with Crippen molar-refractivity contribution in [3.8, 4) is 5.75 Å². The van der Waals surface area contributed by atoms with Crippen molar-refractivity contribution < 1.29 is 14.3 Å². The van der Waals surface area contributed by atoms with Crippen LogP contribution in [-0.4, -0.2) is 38.3 Å². The van der Waals surface area contributed by atoms with Crippen LogP contribution in [0.5, 0.6) is 5.75 Å². The van der Waals surface area contributed by atoms with Crippen molar-refractivity contribution in [3.63, 3.8) is 0 Å². The third-order valence-electron chi connectivity index (χ3n) is 3.41. The number of nitrogens with one attached hydrogen (secondary N) is 1. The van der Waals surface area contributed by atoms with Gasteiger partial charge in [-0.15, -0.1) is 0 Å². The van der Waals surface area contributed by atoms with Crippen LogP contribution in [0.15, 0.2) is 54.6 Å². The lowest BCUT2D eigenvalue weighted by Gasteiger charge is -2.23. The fraction of sp³-hybridized carbons (Fsp3) is 0.278. The van der Waals surface area contributed by atoms with Crippen LogP contribution in [0.1, 0.15) is 5.56 Å². The van der Waals surface area contributed by atoms with Crippen molar-refractivity contribution in [2.24, 2.45) is 0 Å². The average molecular weight is 314 g/mol. The molecule has 0 aliphatic rings. The van der Waals surface area contributed by atoms with E-state index in [0.29, 0.717) is 19.7 Å². The highest BCUT2D eigenvalue weighted by molar-refractivity contribution is 5.89. The van der Waals surface area contributed by atoms with Crippen molar-refractivity contribution in [3.05, 3.63) is 60.2 Å². The molecule has 0 atom stereocenters. The molecule has 0 saturated heterocycles. The molecule has 0 spiro atoms. The lowest BCUT2D eigenvalue weighted by atomic mass is 10.2. The number of urea groups is 1. The van der Waals surface area contributed by atoms with Gasteiger partial charge in [-0.3, -0.25) is 0 Å². The molecular weight excluding hydrogens is 292 g/mol. The second-order valence-electron chi connectivity index (χ2n) is 5.06. The highest BCUT2D eigenvalue weighted by Crippen LogP contribution is 2.16. The molecule has 2 amide bonds. The van der Waals surface area contributed by atoms with E-state index in [9.17, 15) is 4.79 Å². The van der Waals surface area contributed by atoms with E-state index in [2.05, 4.69) is 5.32 Å². The van der Waals surface area contributed by atoms with Crippen molar-refractivity contribution >= 4 is 11.7 Å². The van der Waals surface area contributed by atoms with Crippen molar-refractivity contribution in [1.29, 1.82) is 0 Å². The maximum Gasteiger partial charge on any atom is 0.322 e. The molecule has 0 bridgehead atoms. The molecule has 0 saturated carbocycles. The topological polar surface area (TPSA) is 50.8 Å². The Morgan fingerprint density at radius 1 is 1.04 bits per heavy atom. The summed E-state index contributed by atoms with van der Waals surface area (Å²) in [4.78, 5) is 14.2. The largest absolute Gasteiger partial charge is 0.497 e. The van der Waals surface area contributed by atoms with Crippen LogP contribution >= 0.6 is 0 Å². The predicted molar refractivity (Wildman–Crippen MR) is 90.7 cm³/mol. The van der Waals surface area contributed by atoms with E-state index in [1.165, 1.54) is 0 Å². The SMILES string of the molecule is COCCN(Cc1ccccc1)C(=O)Nc1ccc(OC)cc1. The Morgan fingerprint density at radius 3 is 2.35 bits per heavy atom. The Morgan fingerprint density at radius 2 is 1.74 bits per heavy atom. The molecule has 1 N–H and O–H groups in total. The Hall–Kier alpha value is -2.53. The molecule has 0 heterocycles. The summed E-state index contributed by atoms with van der Waals surface area (Å²) in [5.74, 6) is 0.753. The number of benzene rings is 2. The molecular formula is C18H22N2O3. The number of rotatable bonds is 7. The molecule has 5 nitrogen and oxygen atoms in total. The Bertz CT molecular complexity index is 599. The molecule has 0 unspecified atom stereocenters. The Kier molecular flexibility index (Phi) is 6.44. The normalized spacial score (nSPS) is 10.2. The number of ether oxygens (including phenoxy) is 2. The van der Waals surface area contributed by atoms with Crippen LogP contribution in [0.3, 0.4) is 0 Å². The van der Waals surface area contributed by atoms with Gasteiger partial charge >= 0.3 is 6.03 Å². The number of carbonyl (C=O) groups excluding carboxylic acids is 1. The zero-order valence-electron chi connectivity index (χ0n) is 13.5. The van der Waals surface area contributed by atoms with Gasteiger partial charge in [0.05, 0.1) is 13.7 Å². The zero-order chi connectivity index (χ0) is 16.5. The molecule has 2 aromatic rings. The number of hydrogen-bond acceptors (Lipinski definition) is 3. The number of methoxy groups -OCH3 is 2. The van der Waals surface area contributed by atoms with Gasteiger partial charge in [0.1, 0.15) is 5.75 Å². The highest BCUT2D eigenvalue weighted by Gasteiger charge is 2.14. The van der Waals surface area contributed by atoms with Crippen LogP contribution in [0.25, 0.3) is 0 Å². The standard InChI is InChI=1S/C18H22N2O3/c1-22-13-12-20(14-15-6-4-3-5-7-15)18(21)19-16-8-10-17(23-2)11-9-16/h3-11H,12-14H2,1-2H3,(H,19,21). The maximum absolute atomic E-state index is 12.5. The van der Waals surface area contributed by atoms with Gasteiger partial charge in [-0.1, -0.05) is 30.3 Å². The quantitative estimate of drug-likeness (QED) is 0.852. The minimum atomic E-state index is -0.156. The third-order valence-corrected chi connectivity index (χ3v) is 3.41. The maximum atomic E-state index is 12.5. The molecule has 0 aliphatic heterocycles. The summed E-state index contributed by atoms with van der Waals surface area (Å²) in [6.07, 6.45) is 0. The minimum absolute atomic E-state index is 0.156. The van der Waals surface area contributed by atoms with Gasteiger partial charge in [0, 0.05) is 25.9 Å². The van der Waals surface area contributed by atoms with Gasteiger partial charge in [-0.05, 0) is 29.8 Å². The summed E-state index contributed by atoms with van der Waals surface area (Å²) in [7, 11) is 3.24. The molecule has 2 aromatic carbocycles. The van der Waals surface area contributed by atoms with Crippen LogP contribution in [0.2, 0.25) is 0 Å². The fourth-order valence-electron chi connectivity index (χ4n) is 2.13. The second kappa shape index (κ2) is 8.80. The zero-order valence-corrected chi connectivity index (χ0v) is 13.5. The van der Waals surface area contributed by atoms with Gasteiger partial charge in [0.15, 0.2) is 0 Å². The van der Waals surface area contributed by atoms with Crippen molar-refractivity contribution in [1.82, 2.24) is 4.90 Å². The van der Waals surface area contributed by atoms with Crippen molar-refractivity contribution in [2.75, 3.05) is 32.7 Å². The summed E-state index contributed by atoms with van der Waals surface area (Å²) in [6.45, 7) is 1.54. The molecule has 0 aliphatic carbocycles. The highest BCUT2D eigenvalue weighted by atomic mass is 16.5. The first-order chi connectivity index (χ1) is 11.2. The number of hydrogen-bond donors (Lipinski definition) is 1. The van der Waals surface area contributed by atoms with Crippen LogP contribution in [-0.2, 0) is 11.3 Å². The van der Waals surface area contributed by atoms with Gasteiger partial charge < -0.3 is 19.7 Å². The monoisotopic (exact) mass is 314 g/mol. The predicted octanol–water partition coefficient (Wildman–Crippen LogP) is 3.38. The lowest BCUT2D eigenvalue weighted by Crippen LogP contribution is -2.36. The first kappa shape index (κ1) is 16.8. The number of carbonyl (C=O) groups is 1. The molecule has 5 heteroatoms. The van der Waals surface area contributed by atoms with Gasteiger partial charge in [-0.25, -0.2) is 4.79 Å². The Labute approximate surface area is 136 Å². The number of anilines is 1. The number of amides is 2. The summed E-state index contributed by atoms with van der Waals surface area (Å²) < 4.78 is 10.2. The van der Waals surface area contributed by atoms with E-state index in [1.54, 1.807) is 19.1 Å². The molecule has 0 aromatic heterocycles. The van der Waals surface area contributed by atoms with E-state index >= 15 is 0 Å². The second-order valence-corrected chi connectivity index (χ2v) is 5.06. The van der Waals surface area contributed by atoms with Crippen LogP contribution < -0.4 is 10.1 Å². The number of nitrogens with zero attached hydrogens (tertiary/aromatic N) is 1. The van der Waals surface area contributed by atoms with E-state index < -0.39 is 0 Å².